The Morgan fingerprint density at radius 1 is 1.14 bits per heavy atom. The number of likely N-dealkylation sites (tertiary alicyclic amines) is 1. The molecule has 2 unspecified atom stereocenters. The molecule has 2 fully saturated rings. The normalized spacial score (nSPS) is 20.9. The van der Waals surface area contributed by atoms with Crippen LogP contribution in [0, 0.1) is 12.8 Å². The van der Waals surface area contributed by atoms with Crippen molar-refractivity contribution in [3.63, 3.8) is 0 Å². The zero-order valence-corrected chi connectivity index (χ0v) is 20.5. The van der Waals surface area contributed by atoms with E-state index in [-0.39, 0.29) is 41.7 Å². The molecule has 5 N–H and O–H groups in total. The van der Waals surface area contributed by atoms with Crippen LogP contribution in [-0.2, 0) is 9.53 Å². The molecule has 2 aromatic rings. The van der Waals surface area contributed by atoms with Crippen LogP contribution >= 0.6 is 0 Å². The molecular weight excluding hydrogens is 446 g/mol. The molecule has 4 rings (SSSR count). The van der Waals surface area contributed by atoms with Gasteiger partial charge in [-0.15, -0.1) is 0 Å². The van der Waals surface area contributed by atoms with E-state index < -0.39 is 0 Å². The molecule has 10 nitrogen and oxygen atoms in total. The van der Waals surface area contributed by atoms with Crippen LogP contribution in [0.5, 0.6) is 0 Å². The van der Waals surface area contributed by atoms with Gasteiger partial charge in [0.1, 0.15) is 5.82 Å². The number of nitrogens with one attached hydrogen (secondary N) is 1. The third-order valence-corrected chi connectivity index (χ3v) is 6.81. The molecule has 1 aromatic heterocycles. The van der Waals surface area contributed by atoms with Crippen molar-refractivity contribution < 1.29 is 14.3 Å². The van der Waals surface area contributed by atoms with Gasteiger partial charge >= 0.3 is 5.97 Å². The molecule has 2 aliphatic rings. The minimum absolute atomic E-state index is 0.00716. The van der Waals surface area contributed by atoms with E-state index in [2.05, 4.69) is 15.3 Å². The van der Waals surface area contributed by atoms with Gasteiger partial charge in [0.2, 0.25) is 5.82 Å². The van der Waals surface area contributed by atoms with Crippen molar-refractivity contribution in [1.29, 1.82) is 0 Å². The largest absolute Gasteiger partial charge is 0.466 e. The number of piperidine rings is 1. The molecule has 2 heterocycles. The number of hydrogen-bond acceptors (Lipinski definition) is 7. The molecule has 1 saturated heterocycles. The van der Waals surface area contributed by atoms with Crippen LogP contribution in [0.1, 0.15) is 61.6 Å². The van der Waals surface area contributed by atoms with E-state index in [1.54, 1.807) is 11.8 Å². The second-order valence-corrected chi connectivity index (χ2v) is 9.39. The number of anilines is 1. The number of aryl methyl sites for hydroxylation is 1. The van der Waals surface area contributed by atoms with Crippen LogP contribution in [-0.4, -0.2) is 64.5 Å². The number of nitrogens with zero attached hydrogens (tertiary/aromatic N) is 4. The van der Waals surface area contributed by atoms with E-state index in [1.165, 1.54) is 0 Å². The predicted octanol–water partition coefficient (Wildman–Crippen LogP) is 2.35. The van der Waals surface area contributed by atoms with Crippen molar-refractivity contribution in [2.75, 3.05) is 25.0 Å². The number of guanidine groups is 1. The highest BCUT2D eigenvalue weighted by Crippen LogP contribution is 2.29. The number of hydrogen-bond donors (Lipinski definition) is 3. The Kier molecular flexibility index (Phi) is 7.67. The quantitative estimate of drug-likeness (QED) is 0.323. The Labute approximate surface area is 205 Å². The molecule has 35 heavy (non-hydrogen) atoms. The third-order valence-electron chi connectivity index (χ3n) is 6.81. The van der Waals surface area contributed by atoms with Gasteiger partial charge < -0.3 is 26.4 Å². The number of carbonyl (C=O) groups is 2. The molecule has 10 heteroatoms. The summed E-state index contributed by atoms with van der Waals surface area (Å²) in [5.74, 6) is 0.247. The number of carbonyl (C=O) groups excluding carboxylic acids is 2. The Bertz CT molecular complexity index is 1110. The van der Waals surface area contributed by atoms with Crippen molar-refractivity contribution in [3.05, 3.63) is 29.6 Å². The smallest absolute Gasteiger partial charge is 0.309 e. The molecule has 0 radical (unpaired) electrons. The molecule has 0 bridgehead atoms. The molecule has 2 atom stereocenters. The minimum atomic E-state index is -0.234. The van der Waals surface area contributed by atoms with E-state index >= 15 is 0 Å². The van der Waals surface area contributed by atoms with Gasteiger partial charge in [-0.25, -0.2) is 15.0 Å². The summed E-state index contributed by atoms with van der Waals surface area (Å²) in [7, 11) is 0. The van der Waals surface area contributed by atoms with Gasteiger partial charge in [0.05, 0.1) is 30.1 Å². The summed E-state index contributed by atoms with van der Waals surface area (Å²) in [6, 6.07) is 5.86. The van der Waals surface area contributed by atoms with E-state index in [1.807, 2.05) is 25.1 Å². The van der Waals surface area contributed by atoms with E-state index in [4.69, 9.17) is 21.2 Å². The van der Waals surface area contributed by atoms with Gasteiger partial charge in [-0.1, -0.05) is 24.5 Å². The monoisotopic (exact) mass is 481 g/mol. The fourth-order valence-electron chi connectivity index (χ4n) is 4.97. The van der Waals surface area contributed by atoms with Crippen molar-refractivity contribution >= 4 is 34.6 Å². The first-order chi connectivity index (χ1) is 16.9. The van der Waals surface area contributed by atoms with Crippen molar-refractivity contribution in [1.82, 2.24) is 14.9 Å². The number of ether oxygens (including phenoxy) is 1. The number of rotatable bonds is 6. The zero-order chi connectivity index (χ0) is 24.9. The number of benzene rings is 1. The van der Waals surface area contributed by atoms with Gasteiger partial charge in [-0.05, 0) is 51.7 Å². The highest BCUT2D eigenvalue weighted by atomic mass is 16.5. The number of aliphatic imine (C=N–C) groups is 1. The highest BCUT2D eigenvalue weighted by Gasteiger charge is 2.31. The standard InChI is InChI=1S/C25H35N7O3/c1-3-35-24(34)16-10-12-32(13-11-16)23(33)22-28-18-9-8-15(2)14-17(18)21(31-22)29-19-6-4-5-7-20(19)30-25(26)27/h8-9,14,16,19-20H,3-7,10-13H2,1-2H3,(H4,26,27,30)(H,28,29,31). The molecule has 1 saturated carbocycles. The first-order valence-electron chi connectivity index (χ1n) is 12.4. The molecule has 1 aliphatic carbocycles. The van der Waals surface area contributed by atoms with E-state index in [9.17, 15) is 9.59 Å². The lowest BCUT2D eigenvalue weighted by Crippen LogP contribution is -2.41. The lowest BCUT2D eigenvalue weighted by Gasteiger charge is -2.31. The summed E-state index contributed by atoms with van der Waals surface area (Å²) in [6.45, 7) is 5.11. The first-order valence-corrected chi connectivity index (χ1v) is 12.4. The fraction of sp³-hybridized carbons (Fsp3) is 0.560. The van der Waals surface area contributed by atoms with Crippen LogP contribution in [0.3, 0.4) is 0 Å². The number of esters is 1. The molecule has 1 amide bonds. The Balaban J connectivity index is 1.59. The maximum absolute atomic E-state index is 13.4. The lowest BCUT2D eigenvalue weighted by molar-refractivity contribution is -0.149. The Hall–Kier alpha value is -3.43. The second kappa shape index (κ2) is 10.9. The van der Waals surface area contributed by atoms with Gasteiger partial charge in [0.15, 0.2) is 5.96 Å². The molecule has 1 aromatic carbocycles. The number of nitrogens with two attached hydrogens (primary N) is 2. The first kappa shape index (κ1) is 24.7. The van der Waals surface area contributed by atoms with Crippen LogP contribution < -0.4 is 16.8 Å². The van der Waals surface area contributed by atoms with Crippen LogP contribution in [0.4, 0.5) is 5.82 Å². The summed E-state index contributed by atoms with van der Waals surface area (Å²) in [6.07, 6.45) is 5.07. The molecule has 0 spiro atoms. The summed E-state index contributed by atoms with van der Waals surface area (Å²) in [5.41, 5.74) is 13.1. The minimum Gasteiger partial charge on any atom is -0.466 e. The van der Waals surface area contributed by atoms with Gasteiger partial charge in [0, 0.05) is 18.5 Å². The Morgan fingerprint density at radius 3 is 2.60 bits per heavy atom. The second-order valence-electron chi connectivity index (χ2n) is 9.39. The van der Waals surface area contributed by atoms with Crippen molar-refractivity contribution in [2.24, 2.45) is 22.4 Å². The number of aromatic nitrogens is 2. The predicted molar refractivity (Wildman–Crippen MR) is 135 cm³/mol. The SMILES string of the molecule is CCOC(=O)C1CCN(C(=O)c2nc(NC3CCCCC3N=C(N)N)c3cc(C)ccc3n2)CC1. The lowest BCUT2D eigenvalue weighted by atomic mass is 9.90. The summed E-state index contributed by atoms with van der Waals surface area (Å²) in [4.78, 5) is 40.9. The third kappa shape index (κ3) is 5.80. The van der Waals surface area contributed by atoms with Crippen molar-refractivity contribution in [3.8, 4) is 0 Å². The fourth-order valence-corrected chi connectivity index (χ4v) is 4.97. The average Bonchev–Trinajstić information content (AvgIpc) is 2.85. The highest BCUT2D eigenvalue weighted by molar-refractivity contribution is 5.97. The maximum atomic E-state index is 13.4. The summed E-state index contributed by atoms with van der Waals surface area (Å²) < 4.78 is 5.14. The van der Waals surface area contributed by atoms with Crippen LogP contribution in [0.2, 0.25) is 0 Å². The zero-order valence-electron chi connectivity index (χ0n) is 20.5. The van der Waals surface area contributed by atoms with Gasteiger partial charge in [-0.2, -0.15) is 0 Å². The molecule has 1 aliphatic heterocycles. The molecule has 188 valence electrons. The summed E-state index contributed by atoms with van der Waals surface area (Å²) >= 11 is 0. The number of fused-ring (bicyclic) bond motifs is 1. The Morgan fingerprint density at radius 2 is 1.89 bits per heavy atom. The van der Waals surface area contributed by atoms with Crippen LogP contribution in [0.25, 0.3) is 10.9 Å². The van der Waals surface area contributed by atoms with Gasteiger partial charge in [0.25, 0.3) is 5.91 Å². The average molecular weight is 482 g/mol. The topological polar surface area (TPSA) is 149 Å². The van der Waals surface area contributed by atoms with Gasteiger partial charge in [-0.3, -0.25) is 9.59 Å². The van der Waals surface area contributed by atoms with Crippen molar-refractivity contribution in [2.45, 2.75) is 64.5 Å². The maximum Gasteiger partial charge on any atom is 0.309 e. The van der Waals surface area contributed by atoms with E-state index in [0.717, 1.165) is 36.6 Å². The van der Waals surface area contributed by atoms with E-state index in [0.29, 0.717) is 43.9 Å². The van der Waals surface area contributed by atoms with Crippen LogP contribution in [0.15, 0.2) is 23.2 Å². The number of amides is 1. The summed E-state index contributed by atoms with van der Waals surface area (Å²) in [5, 5.41) is 4.40. The molecular formula is C25H35N7O3.